The van der Waals surface area contributed by atoms with Crippen molar-refractivity contribution in [2.75, 3.05) is 13.7 Å². The van der Waals surface area contributed by atoms with Crippen LogP contribution < -0.4 is 4.74 Å². The number of likely N-dealkylation sites (N-methyl/N-ethyl adjacent to an activating group) is 1. The molecule has 0 radical (unpaired) electrons. The molecule has 0 saturated heterocycles. The predicted molar refractivity (Wildman–Crippen MR) is 91.5 cm³/mol. The van der Waals surface area contributed by atoms with Gasteiger partial charge in [-0.05, 0) is 25.3 Å². The molecule has 3 rings (SSSR count). The summed E-state index contributed by atoms with van der Waals surface area (Å²) in [5.74, 6) is 3.19. The zero-order chi connectivity index (χ0) is 16.9. The van der Waals surface area contributed by atoms with Crippen LogP contribution in [-0.4, -0.2) is 34.7 Å². The van der Waals surface area contributed by atoms with Crippen molar-refractivity contribution in [3.05, 3.63) is 47.3 Å². The molecule has 1 aliphatic carbocycles. The van der Waals surface area contributed by atoms with Gasteiger partial charge in [0.15, 0.2) is 0 Å². The lowest BCUT2D eigenvalue weighted by Gasteiger charge is -2.27. The third kappa shape index (κ3) is 3.28. The summed E-state index contributed by atoms with van der Waals surface area (Å²) in [6.45, 7) is 0.707. The number of fused-ring (bicyclic) bond motifs is 1. The van der Waals surface area contributed by atoms with E-state index in [1.807, 2.05) is 31.3 Å². The molecule has 5 heteroatoms. The number of H-pyrrole nitrogens is 1. The van der Waals surface area contributed by atoms with Crippen LogP contribution in [0.4, 0.5) is 0 Å². The first kappa shape index (κ1) is 16.1. The van der Waals surface area contributed by atoms with Gasteiger partial charge in [-0.25, -0.2) is 0 Å². The molecule has 0 saturated carbocycles. The first-order valence-corrected chi connectivity index (χ1v) is 8.12. The summed E-state index contributed by atoms with van der Waals surface area (Å²) in [4.78, 5) is 14.7. The first-order valence-electron chi connectivity index (χ1n) is 8.12. The second kappa shape index (κ2) is 7.22. The number of nitrogens with one attached hydrogen (secondary N) is 1. The molecule has 24 heavy (non-hydrogen) atoms. The summed E-state index contributed by atoms with van der Waals surface area (Å²) >= 11 is 0. The standard InChI is InChI=1S/C19H21N3O2/c1-3-11-24-18-10-5-4-7-14(18)13-22(2)19(23)15-8-6-9-17-16(15)12-20-21-17/h1,4-5,7,10,12,15H,6,8-9,11,13H2,2H3,(H,20,21)/t15-/m0/s1. The minimum Gasteiger partial charge on any atom is -0.481 e. The van der Waals surface area contributed by atoms with E-state index >= 15 is 0 Å². The molecule has 1 aliphatic rings. The molecule has 1 heterocycles. The second-order valence-corrected chi connectivity index (χ2v) is 6.04. The maximum atomic E-state index is 12.9. The zero-order valence-electron chi connectivity index (χ0n) is 13.8. The number of aromatic nitrogens is 2. The fraction of sp³-hybridized carbons (Fsp3) is 0.368. The Hall–Kier alpha value is -2.74. The van der Waals surface area contributed by atoms with Gasteiger partial charge in [-0.2, -0.15) is 5.10 Å². The van der Waals surface area contributed by atoms with Crippen LogP contribution >= 0.6 is 0 Å². The smallest absolute Gasteiger partial charge is 0.230 e. The minimum absolute atomic E-state index is 0.115. The minimum atomic E-state index is -0.115. The molecule has 0 aliphatic heterocycles. The molecule has 0 bridgehead atoms. The Labute approximate surface area is 142 Å². The number of ether oxygens (including phenoxy) is 1. The van der Waals surface area contributed by atoms with Crippen LogP contribution in [0.3, 0.4) is 0 Å². The maximum Gasteiger partial charge on any atom is 0.230 e. The van der Waals surface area contributed by atoms with Crippen molar-refractivity contribution in [3.8, 4) is 18.1 Å². The van der Waals surface area contributed by atoms with Gasteiger partial charge < -0.3 is 9.64 Å². The molecule has 5 nitrogen and oxygen atoms in total. The second-order valence-electron chi connectivity index (χ2n) is 6.04. The quantitative estimate of drug-likeness (QED) is 0.860. The number of aryl methyl sites for hydroxylation is 1. The lowest BCUT2D eigenvalue weighted by atomic mass is 9.86. The lowest BCUT2D eigenvalue weighted by molar-refractivity contribution is -0.132. The van der Waals surface area contributed by atoms with Gasteiger partial charge in [-0.3, -0.25) is 9.89 Å². The molecule has 1 aromatic carbocycles. The summed E-state index contributed by atoms with van der Waals surface area (Å²) < 4.78 is 5.57. The van der Waals surface area contributed by atoms with E-state index in [1.54, 1.807) is 11.1 Å². The highest BCUT2D eigenvalue weighted by Crippen LogP contribution is 2.32. The largest absolute Gasteiger partial charge is 0.481 e. The van der Waals surface area contributed by atoms with E-state index in [1.165, 1.54) is 0 Å². The number of carbonyl (C=O) groups excluding carboxylic acids is 1. The van der Waals surface area contributed by atoms with Crippen molar-refractivity contribution >= 4 is 5.91 Å². The Morgan fingerprint density at radius 2 is 2.33 bits per heavy atom. The molecular weight excluding hydrogens is 302 g/mol. The van der Waals surface area contributed by atoms with Gasteiger partial charge in [0.1, 0.15) is 12.4 Å². The maximum absolute atomic E-state index is 12.9. The number of para-hydroxylation sites is 1. The molecule has 124 valence electrons. The Bertz CT molecular complexity index is 760. The third-order valence-electron chi connectivity index (χ3n) is 4.41. The van der Waals surface area contributed by atoms with Crippen LogP contribution in [0.5, 0.6) is 5.75 Å². The van der Waals surface area contributed by atoms with Gasteiger partial charge in [0.05, 0.1) is 12.1 Å². The molecule has 0 fully saturated rings. The summed E-state index contributed by atoms with van der Waals surface area (Å²) in [5.41, 5.74) is 3.08. The number of amides is 1. The Balaban J connectivity index is 1.73. The molecule has 1 atom stereocenters. The normalized spacial score (nSPS) is 16.1. The Kier molecular flexibility index (Phi) is 4.85. The van der Waals surface area contributed by atoms with Crippen LogP contribution in [0.1, 0.15) is 35.6 Å². The molecule has 1 amide bonds. The average Bonchev–Trinajstić information content (AvgIpc) is 3.09. The molecule has 1 N–H and O–H groups in total. The van der Waals surface area contributed by atoms with Crippen molar-refractivity contribution < 1.29 is 9.53 Å². The summed E-state index contributed by atoms with van der Waals surface area (Å²) in [5, 5.41) is 7.10. The number of aromatic amines is 1. The summed E-state index contributed by atoms with van der Waals surface area (Å²) in [7, 11) is 1.83. The van der Waals surface area contributed by atoms with Crippen molar-refractivity contribution in [2.24, 2.45) is 0 Å². The van der Waals surface area contributed by atoms with Gasteiger partial charge in [0.2, 0.25) is 5.91 Å². The Morgan fingerprint density at radius 3 is 3.17 bits per heavy atom. The van der Waals surface area contributed by atoms with E-state index in [9.17, 15) is 4.79 Å². The van der Waals surface area contributed by atoms with E-state index in [-0.39, 0.29) is 18.4 Å². The number of rotatable bonds is 5. The van der Waals surface area contributed by atoms with E-state index in [2.05, 4.69) is 16.1 Å². The van der Waals surface area contributed by atoms with Crippen LogP contribution in [0.15, 0.2) is 30.5 Å². The van der Waals surface area contributed by atoms with Crippen molar-refractivity contribution in [3.63, 3.8) is 0 Å². The number of hydrogen-bond acceptors (Lipinski definition) is 3. The van der Waals surface area contributed by atoms with Crippen molar-refractivity contribution in [1.29, 1.82) is 0 Å². The monoisotopic (exact) mass is 323 g/mol. The van der Waals surface area contributed by atoms with Crippen LogP contribution in [0.2, 0.25) is 0 Å². The van der Waals surface area contributed by atoms with Gasteiger partial charge in [0, 0.05) is 30.4 Å². The van der Waals surface area contributed by atoms with Gasteiger partial charge >= 0.3 is 0 Å². The van der Waals surface area contributed by atoms with Crippen molar-refractivity contribution in [2.45, 2.75) is 31.7 Å². The molecular formula is C19H21N3O2. The molecule has 2 aromatic rings. The van der Waals surface area contributed by atoms with Gasteiger partial charge in [0.25, 0.3) is 0 Å². The topological polar surface area (TPSA) is 58.2 Å². The van der Waals surface area contributed by atoms with E-state index in [0.717, 1.165) is 41.8 Å². The predicted octanol–water partition coefficient (Wildman–Crippen LogP) is 2.50. The molecule has 1 aromatic heterocycles. The number of terminal acetylenes is 1. The molecule has 0 unspecified atom stereocenters. The fourth-order valence-corrected chi connectivity index (χ4v) is 3.21. The Morgan fingerprint density at radius 1 is 1.50 bits per heavy atom. The highest BCUT2D eigenvalue weighted by molar-refractivity contribution is 5.84. The van der Waals surface area contributed by atoms with Crippen LogP contribution in [0, 0.1) is 12.3 Å². The van der Waals surface area contributed by atoms with E-state index < -0.39 is 0 Å². The number of carbonyl (C=O) groups is 1. The summed E-state index contributed by atoms with van der Waals surface area (Å²) in [6, 6.07) is 7.67. The highest BCUT2D eigenvalue weighted by atomic mass is 16.5. The van der Waals surface area contributed by atoms with Crippen molar-refractivity contribution in [1.82, 2.24) is 15.1 Å². The average molecular weight is 323 g/mol. The highest BCUT2D eigenvalue weighted by Gasteiger charge is 2.30. The number of benzene rings is 1. The SMILES string of the molecule is C#CCOc1ccccc1CN(C)C(=O)[C@H]1CCCc2[nH]ncc21. The number of nitrogens with zero attached hydrogens (tertiary/aromatic N) is 2. The van der Waals surface area contributed by atoms with Gasteiger partial charge in [-0.15, -0.1) is 6.42 Å². The fourth-order valence-electron chi connectivity index (χ4n) is 3.21. The summed E-state index contributed by atoms with van der Waals surface area (Å²) in [6.07, 6.45) is 9.88. The van der Waals surface area contributed by atoms with Crippen LogP contribution in [0.25, 0.3) is 0 Å². The third-order valence-corrected chi connectivity index (χ3v) is 4.41. The number of hydrogen-bond donors (Lipinski definition) is 1. The zero-order valence-corrected chi connectivity index (χ0v) is 13.8. The van der Waals surface area contributed by atoms with Gasteiger partial charge in [-0.1, -0.05) is 24.1 Å². The lowest BCUT2D eigenvalue weighted by Crippen LogP contribution is -2.33. The molecule has 0 spiro atoms. The first-order chi connectivity index (χ1) is 11.7. The van der Waals surface area contributed by atoms with E-state index in [4.69, 9.17) is 11.2 Å². The van der Waals surface area contributed by atoms with E-state index in [0.29, 0.717) is 6.54 Å². The van der Waals surface area contributed by atoms with Crippen LogP contribution in [-0.2, 0) is 17.8 Å².